The van der Waals surface area contributed by atoms with E-state index in [9.17, 15) is 0 Å². The van der Waals surface area contributed by atoms with Crippen LogP contribution in [0.15, 0.2) is 30.3 Å². The Morgan fingerprint density at radius 3 is 2.58 bits per heavy atom. The Kier molecular flexibility index (Phi) is 4.52. The Morgan fingerprint density at radius 1 is 1.00 bits per heavy atom. The van der Waals surface area contributed by atoms with Gasteiger partial charge >= 0.3 is 0 Å². The van der Waals surface area contributed by atoms with Gasteiger partial charge in [0.25, 0.3) is 0 Å². The molecule has 0 bridgehead atoms. The lowest BCUT2D eigenvalue weighted by Crippen LogP contribution is -2.46. The second kappa shape index (κ2) is 6.53. The second-order valence-corrected chi connectivity index (χ2v) is 6.11. The number of nitrogens with one attached hydrogen (secondary N) is 1. The van der Waals surface area contributed by atoms with Gasteiger partial charge in [-0.2, -0.15) is 0 Å². The number of nitrogens with zero attached hydrogens (tertiary/aromatic N) is 1. The molecule has 0 radical (unpaired) electrons. The molecule has 19 heavy (non-hydrogen) atoms. The molecule has 0 amide bonds. The molecule has 1 aromatic rings. The van der Waals surface area contributed by atoms with Gasteiger partial charge in [-0.25, -0.2) is 0 Å². The molecule has 0 aromatic heterocycles. The molecule has 2 heteroatoms. The van der Waals surface area contributed by atoms with Crippen LogP contribution < -0.4 is 5.32 Å². The average Bonchev–Trinajstić information content (AvgIpc) is 2.50. The lowest BCUT2D eigenvalue weighted by Gasteiger charge is -2.42. The van der Waals surface area contributed by atoms with Gasteiger partial charge in [0.2, 0.25) is 0 Å². The minimum absolute atomic E-state index is 0.830. The van der Waals surface area contributed by atoms with Crippen LogP contribution in [0.2, 0.25) is 0 Å². The van der Waals surface area contributed by atoms with E-state index in [0.717, 1.165) is 18.5 Å². The molecular formula is C17H26N2. The first-order valence-electron chi connectivity index (χ1n) is 7.92. The van der Waals surface area contributed by atoms with Crippen LogP contribution in [0.3, 0.4) is 0 Å². The third-order valence-corrected chi connectivity index (χ3v) is 4.82. The third kappa shape index (κ3) is 3.37. The maximum absolute atomic E-state index is 3.50. The SMILES string of the molecule is c1ccc(CN2CCCCC2C2CCNCC2)cc1. The maximum Gasteiger partial charge on any atom is 0.0236 e. The van der Waals surface area contributed by atoms with Gasteiger partial charge in [0, 0.05) is 12.6 Å². The summed E-state index contributed by atoms with van der Waals surface area (Å²) >= 11 is 0. The molecule has 2 aliphatic heterocycles. The van der Waals surface area contributed by atoms with Gasteiger partial charge in [0.05, 0.1) is 0 Å². The van der Waals surface area contributed by atoms with E-state index in [-0.39, 0.29) is 0 Å². The van der Waals surface area contributed by atoms with Crippen molar-refractivity contribution in [3.63, 3.8) is 0 Å². The molecule has 1 unspecified atom stereocenters. The normalized spacial score (nSPS) is 26.4. The number of piperidine rings is 2. The van der Waals surface area contributed by atoms with E-state index in [2.05, 4.69) is 40.5 Å². The minimum atomic E-state index is 0.830. The van der Waals surface area contributed by atoms with Crippen LogP contribution in [-0.2, 0) is 6.54 Å². The molecule has 1 atom stereocenters. The summed E-state index contributed by atoms with van der Waals surface area (Å²) in [6.07, 6.45) is 6.97. The predicted octanol–water partition coefficient (Wildman–Crippen LogP) is 3.04. The van der Waals surface area contributed by atoms with Crippen LogP contribution in [-0.4, -0.2) is 30.6 Å². The summed E-state index contributed by atoms with van der Waals surface area (Å²) in [4.78, 5) is 2.76. The Hall–Kier alpha value is -0.860. The van der Waals surface area contributed by atoms with Crippen LogP contribution in [0.4, 0.5) is 0 Å². The molecule has 2 saturated heterocycles. The summed E-state index contributed by atoms with van der Waals surface area (Å²) in [5.74, 6) is 0.922. The Labute approximate surface area is 117 Å². The van der Waals surface area contributed by atoms with Gasteiger partial charge in [-0.15, -0.1) is 0 Å². The zero-order chi connectivity index (χ0) is 12.9. The molecule has 0 spiro atoms. The van der Waals surface area contributed by atoms with E-state index in [1.54, 1.807) is 0 Å². The molecule has 0 aliphatic carbocycles. The summed E-state index contributed by atoms with van der Waals surface area (Å²) in [5.41, 5.74) is 1.48. The zero-order valence-electron chi connectivity index (χ0n) is 11.9. The van der Waals surface area contributed by atoms with Gasteiger partial charge in [-0.05, 0) is 56.8 Å². The van der Waals surface area contributed by atoms with Gasteiger partial charge in [-0.1, -0.05) is 36.8 Å². The first-order valence-corrected chi connectivity index (χ1v) is 7.92. The van der Waals surface area contributed by atoms with Crippen molar-refractivity contribution in [2.24, 2.45) is 5.92 Å². The van der Waals surface area contributed by atoms with Crippen LogP contribution >= 0.6 is 0 Å². The number of likely N-dealkylation sites (tertiary alicyclic amines) is 1. The zero-order valence-corrected chi connectivity index (χ0v) is 11.9. The topological polar surface area (TPSA) is 15.3 Å². The molecule has 1 aromatic carbocycles. The quantitative estimate of drug-likeness (QED) is 0.896. The van der Waals surface area contributed by atoms with Crippen molar-refractivity contribution in [1.29, 1.82) is 0 Å². The Bertz CT molecular complexity index is 370. The molecule has 2 heterocycles. The fourth-order valence-corrected chi connectivity index (χ4v) is 3.79. The van der Waals surface area contributed by atoms with Crippen molar-refractivity contribution in [3.05, 3.63) is 35.9 Å². The average molecular weight is 258 g/mol. The number of benzene rings is 1. The van der Waals surface area contributed by atoms with E-state index >= 15 is 0 Å². The monoisotopic (exact) mass is 258 g/mol. The highest BCUT2D eigenvalue weighted by Crippen LogP contribution is 2.29. The van der Waals surface area contributed by atoms with Crippen molar-refractivity contribution in [3.8, 4) is 0 Å². The van der Waals surface area contributed by atoms with E-state index < -0.39 is 0 Å². The molecule has 2 nitrogen and oxygen atoms in total. The third-order valence-electron chi connectivity index (χ3n) is 4.82. The Balaban J connectivity index is 1.66. The second-order valence-electron chi connectivity index (χ2n) is 6.11. The van der Waals surface area contributed by atoms with E-state index in [4.69, 9.17) is 0 Å². The lowest BCUT2D eigenvalue weighted by atomic mass is 9.84. The molecule has 2 fully saturated rings. The van der Waals surface area contributed by atoms with E-state index in [1.165, 1.54) is 57.3 Å². The highest BCUT2D eigenvalue weighted by atomic mass is 15.2. The van der Waals surface area contributed by atoms with Crippen LogP contribution in [0.1, 0.15) is 37.7 Å². The van der Waals surface area contributed by atoms with Crippen LogP contribution in [0, 0.1) is 5.92 Å². The first kappa shape index (κ1) is 13.1. The highest BCUT2D eigenvalue weighted by molar-refractivity contribution is 5.14. The number of hydrogen-bond donors (Lipinski definition) is 1. The van der Waals surface area contributed by atoms with Crippen LogP contribution in [0.25, 0.3) is 0 Å². The molecule has 2 aliphatic rings. The summed E-state index contributed by atoms with van der Waals surface area (Å²) in [6, 6.07) is 11.8. The summed E-state index contributed by atoms with van der Waals surface area (Å²) in [5, 5.41) is 3.50. The van der Waals surface area contributed by atoms with Crippen molar-refractivity contribution in [2.45, 2.75) is 44.7 Å². The smallest absolute Gasteiger partial charge is 0.0236 e. The molecule has 104 valence electrons. The summed E-state index contributed by atoms with van der Waals surface area (Å²) in [6.45, 7) is 4.89. The largest absolute Gasteiger partial charge is 0.317 e. The highest BCUT2D eigenvalue weighted by Gasteiger charge is 2.30. The first-order chi connectivity index (χ1) is 9.43. The number of rotatable bonds is 3. The fourth-order valence-electron chi connectivity index (χ4n) is 3.79. The molecule has 0 saturated carbocycles. The molecule has 3 rings (SSSR count). The Morgan fingerprint density at radius 2 is 1.79 bits per heavy atom. The van der Waals surface area contributed by atoms with Crippen molar-refractivity contribution in [2.75, 3.05) is 19.6 Å². The van der Waals surface area contributed by atoms with Crippen molar-refractivity contribution in [1.82, 2.24) is 10.2 Å². The maximum atomic E-state index is 3.50. The van der Waals surface area contributed by atoms with E-state index in [0.29, 0.717) is 0 Å². The standard InChI is InChI=1S/C17H26N2/c1-2-6-15(7-3-1)14-19-13-5-4-8-17(19)16-9-11-18-12-10-16/h1-3,6-7,16-18H,4-5,8-14H2. The van der Waals surface area contributed by atoms with Crippen molar-refractivity contribution >= 4 is 0 Å². The lowest BCUT2D eigenvalue weighted by molar-refractivity contribution is 0.0778. The van der Waals surface area contributed by atoms with Gasteiger partial charge < -0.3 is 5.32 Å². The fraction of sp³-hybridized carbons (Fsp3) is 0.647. The van der Waals surface area contributed by atoms with Crippen LogP contribution in [0.5, 0.6) is 0 Å². The minimum Gasteiger partial charge on any atom is -0.317 e. The van der Waals surface area contributed by atoms with Gasteiger partial charge in [0.15, 0.2) is 0 Å². The summed E-state index contributed by atoms with van der Waals surface area (Å²) in [7, 11) is 0. The van der Waals surface area contributed by atoms with Gasteiger partial charge in [-0.3, -0.25) is 4.90 Å². The van der Waals surface area contributed by atoms with Gasteiger partial charge in [0.1, 0.15) is 0 Å². The predicted molar refractivity (Wildman–Crippen MR) is 80.1 cm³/mol. The molecular weight excluding hydrogens is 232 g/mol. The number of hydrogen-bond acceptors (Lipinski definition) is 2. The molecule has 1 N–H and O–H groups in total. The van der Waals surface area contributed by atoms with E-state index in [1.807, 2.05) is 0 Å². The summed E-state index contributed by atoms with van der Waals surface area (Å²) < 4.78 is 0. The van der Waals surface area contributed by atoms with Crippen molar-refractivity contribution < 1.29 is 0 Å².